The summed E-state index contributed by atoms with van der Waals surface area (Å²) >= 11 is 0. The number of hydrogen-bond acceptors (Lipinski definition) is 6. The van der Waals surface area contributed by atoms with Crippen LogP contribution in [0.5, 0.6) is 0 Å². The zero-order valence-electron chi connectivity index (χ0n) is 22.3. The van der Waals surface area contributed by atoms with Gasteiger partial charge in [0.2, 0.25) is 0 Å². The summed E-state index contributed by atoms with van der Waals surface area (Å²) < 4.78 is 11.3. The second-order valence-electron chi connectivity index (χ2n) is 11.7. The molecule has 0 radical (unpaired) electrons. The number of likely N-dealkylation sites (tertiary alicyclic amines) is 2. The number of amides is 2. The number of benzene rings is 2. The minimum Gasteiger partial charge on any atom is -0.479 e. The first kappa shape index (κ1) is 26.0. The molecule has 2 saturated heterocycles. The number of ether oxygens (including phenoxy) is 2. The van der Waals surface area contributed by atoms with E-state index in [1.807, 2.05) is 43.4 Å². The second kappa shape index (κ2) is 9.62. The number of carboxylic acids is 1. The molecule has 5 rings (SSSR count). The van der Waals surface area contributed by atoms with Crippen molar-refractivity contribution in [3.63, 3.8) is 0 Å². The van der Waals surface area contributed by atoms with Crippen LogP contribution < -0.4 is 0 Å². The highest BCUT2D eigenvalue weighted by Crippen LogP contribution is 2.44. The van der Waals surface area contributed by atoms with E-state index < -0.39 is 29.3 Å². The Hall–Kier alpha value is -3.59. The SMILES string of the molecule is CN1CC(CN(C(=O)OCC2c3ccccc3-c3ccccc32)C2(C(=O)O)CN(C(=O)OC(C)(C)C)C2)C1. The van der Waals surface area contributed by atoms with E-state index in [9.17, 15) is 19.5 Å². The number of hydrogen-bond donors (Lipinski definition) is 1. The van der Waals surface area contributed by atoms with E-state index in [2.05, 4.69) is 17.0 Å². The summed E-state index contributed by atoms with van der Waals surface area (Å²) in [7, 11) is 1.98. The van der Waals surface area contributed by atoms with E-state index in [1.165, 1.54) is 9.80 Å². The van der Waals surface area contributed by atoms with Gasteiger partial charge in [0.1, 0.15) is 12.2 Å². The Morgan fingerprint density at radius 2 is 1.55 bits per heavy atom. The van der Waals surface area contributed by atoms with Crippen LogP contribution >= 0.6 is 0 Å². The van der Waals surface area contributed by atoms with Gasteiger partial charge in [0.25, 0.3) is 0 Å². The van der Waals surface area contributed by atoms with Gasteiger partial charge in [-0.1, -0.05) is 48.5 Å². The molecule has 0 spiro atoms. The lowest BCUT2D eigenvalue weighted by molar-refractivity contribution is -0.163. The summed E-state index contributed by atoms with van der Waals surface area (Å²) in [6.07, 6.45) is -1.27. The van der Waals surface area contributed by atoms with E-state index in [0.29, 0.717) is 0 Å². The molecule has 2 heterocycles. The largest absolute Gasteiger partial charge is 0.479 e. The molecule has 2 aliphatic heterocycles. The molecule has 9 heteroatoms. The number of carbonyl (C=O) groups is 3. The number of nitrogens with zero attached hydrogens (tertiary/aromatic N) is 3. The molecule has 1 aliphatic carbocycles. The summed E-state index contributed by atoms with van der Waals surface area (Å²) in [5, 5.41) is 10.3. The first-order chi connectivity index (χ1) is 18.0. The van der Waals surface area contributed by atoms with Crippen LogP contribution in [0.4, 0.5) is 9.59 Å². The van der Waals surface area contributed by atoms with E-state index >= 15 is 0 Å². The first-order valence-corrected chi connectivity index (χ1v) is 13.0. The molecule has 202 valence electrons. The van der Waals surface area contributed by atoms with Crippen LogP contribution in [-0.2, 0) is 14.3 Å². The molecule has 0 unspecified atom stereocenters. The third-order valence-electron chi connectivity index (χ3n) is 7.61. The van der Waals surface area contributed by atoms with Crippen LogP contribution in [-0.4, -0.2) is 95.5 Å². The van der Waals surface area contributed by atoms with Gasteiger partial charge in [-0.25, -0.2) is 14.4 Å². The predicted molar refractivity (Wildman–Crippen MR) is 141 cm³/mol. The lowest BCUT2D eigenvalue weighted by Gasteiger charge is -2.53. The molecular formula is C29H35N3O6. The van der Waals surface area contributed by atoms with Crippen molar-refractivity contribution in [1.29, 1.82) is 0 Å². The molecular weight excluding hydrogens is 486 g/mol. The number of fused-ring (bicyclic) bond motifs is 3. The van der Waals surface area contributed by atoms with Gasteiger partial charge < -0.3 is 24.4 Å². The first-order valence-electron chi connectivity index (χ1n) is 13.0. The quantitative estimate of drug-likeness (QED) is 0.616. The van der Waals surface area contributed by atoms with Crippen molar-refractivity contribution in [2.75, 3.05) is 46.4 Å². The molecule has 2 fully saturated rings. The van der Waals surface area contributed by atoms with Crippen molar-refractivity contribution >= 4 is 18.2 Å². The average Bonchev–Trinajstić information content (AvgIpc) is 3.12. The van der Waals surface area contributed by atoms with Crippen molar-refractivity contribution in [2.24, 2.45) is 5.92 Å². The fourth-order valence-corrected chi connectivity index (χ4v) is 5.76. The zero-order valence-corrected chi connectivity index (χ0v) is 22.3. The standard InChI is InChI=1S/C29H35N3O6/c1-28(2,3)38-26(35)31-17-29(18-31,25(33)34)32(15-19-13-30(4)14-19)27(36)37-16-24-22-11-7-5-9-20(22)21-10-6-8-12-23(21)24/h5-12,19,24H,13-18H2,1-4H3,(H,33,34). The topological polar surface area (TPSA) is 99.6 Å². The molecule has 2 aromatic carbocycles. The van der Waals surface area contributed by atoms with Crippen molar-refractivity contribution < 1.29 is 29.0 Å². The number of carbonyl (C=O) groups excluding carboxylic acids is 2. The van der Waals surface area contributed by atoms with Gasteiger partial charge in [-0.3, -0.25) is 4.90 Å². The molecule has 1 N–H and O–H groups in total. The highest BCUT2D eigenvalue weighted by molar-refractivity contribution is 5.89. The predicted octanol–water partition coefficient (Wildman–Crippen LogP) is 3.87. The summed E-state index contributed by atoms with van der Waals surface area (Å²) in [5.74, 6) is -1.16. The van der Waals surface area contributed by atoms with Crippen LogP contribution in [0.2, 0.25) is 0 Å². The van der Waals surface area contributed by atoms with Crippen LogP contribution in [0.3, 0.4) is 0 Å². The number of rotatable bonds is 6. The van der Waals surface area contributed by atoms with Gasteiger partial charge >= 0.3 is 18.2 Å². The van der Waals surface area contributed by atoms with E-state index in [1.54, 1.807) is 20.8 Å². The molecule has 0 atom stereocenters. The lowest BCUT2D eigenvalue weighted by Crippen LogP contribution is -2.77. The number of aliphatic carboxylic acids is 1. The van der Waals surface area contributed by atoms with E-state index in [-0.39, 0.29) is 38.1 Å². The van der Waals surface area contributed by atoms with Crippen molar-refractivity contribution in [3.8, 4) is 11.1 Å². The van der Waals surface area contributed by atoms with Crippen LogP contribution in [0.1, 0.15) is 37.8 Å². The zero-order chi connectivity index (χ0) is 27.2. The molecule has 2 aromatic rings. The summed E-state index contributed by atoms with van der Waals surface area (Å²) in [6, 6.07) is 16.1. The van der Waals surface area contributed by atoms with Crippen LogP contribution in [0, 0.1) is 5.92 Å². The van der Waals surface area contributed by atoms with Crippen LogP contribution in [0.25, 0.3) is 11.1 Å². The maximum Gasteiger partial charge on any atom is 0.410 e. The molecule has 3 aliphatic rings. The third kappa shape index (κ3) is 4.71. The van der Waals surface area contributed by atoms with E-state index in [4.69, 9.17) is 9.47 Å². The fraction of sp³-hybridized carbons (Fsp3) is 0.483. The Labute approximate surface area is 222 Å². The summed E-state index contributed by atoms with van der Waals surface area (Å²) in [5.41, 5.74) is 2.14. The van der Waals surface area contributed by atoms with Gasteiger partial charge in [0.05, 0.1) is 13.1 Å². The molecule has 9 nitrogen and oxygen atoms in total. The Morgan fingerprint density at radius 1 is 1.00 bits per heavy atom. The smallest absolute Gasteiger partial charge is 0.410 e. The molecule has 0 aromatic heterocycles. The number of carboxylic acid groups (broad SMARTS) is 1. The lowest BCUT2D eigenvalue weighted by atomic mass is 9.86. The van der Waals surface area contributed by atoms with Gasteiger partial charge in [-0.05, 0) is 50.1 Å². The van der Waals surface area contributed by atoms with Crippen molar-refractivity contribution in [1.82, 2.24) is 14.7 Å². The summed E-state index contributed by atoms with van der Waals surface area (Å²) in [4.78, 5) is 43.6. The normalized spacial score (nSPS) is 18.6. The highest BCUT2D eigenvalue weighted by Gasteiger charge is 2.59. The molecule has 0 bridgehead atoms. The van der Waals surface area contributed by atoms with Gasteiger partial charge in [-0.15, -0.1) is 0 Å². The minimum absolute atomic E-state index is 0.0966. The highest BCUT2D eigenvalue weighted by atomic mass is 16.6. The maximum atomic E-state index is 13.6. The molecule has 0 saturated carbocycles. The van der Waals surface area contributed by atoms with Gasteiger partial charge in [0, 0.05) is 31.5 Å². The third-order valence-corrected chi connectivity index (χ3v) is 7.61. The van der Waals surface area contributed by atoms with Gasteiger partial charge in [-0.2, -0.15) is 0 Å². The average molecular weight is 522 g/mol. The Morgan fingerprint density at radius 3 is 2.05 bits per heavy atom. The van der Waals surface area contributed by atoms with Crippen molar-refractivity contribution in [3.05, 3.63) is 59.7 Å². The van der Waals surface area contributed by atoms with Crippen LogP contribution in [0.15, 0.2) is 48.5 Å². The molecule has 38 heavy (non-hydrogen) atoms. The second-order valence-corrected chi connectivity index (χ2v) is 11.7. The molecule has 2 amide bonds. The minimum atomic E-state index is -1.56. The Balaban J connectivity index is 1.35. The fourth-order valence-electron chi connectivity index (χ4n) is 5.76. The Bertz CT molecular complexity index is 1200. The van der Waals surface area contributed by atoms with Gasteiger partial charge in [0.15, 0.2) is 5.54 Å². The summed E-state index contributed by atoms with van der Waals surface area (Å²) in [6.45, 7) is 6.84. The monoisotopic (exact) mass is 521 g/mol. The maximum absolute atomic E-state index is 13.6. The Kier molecular flexibility index (Phi) is 6.59. The van der Waals surface area contributed by atoms with Crippen molar-refractivity contribution in [2.45, 2.75) is 37.8 Å². The van der Waals surface area contributed by atoms with E-state index in [0.717, 1.165) is 35.3 Å².